The van der Waals surface area contributed by atoms with Gasteiger partial charge < -0.3 is 11.1 Å². The first-order valence-electron chi connectivity index (χ1n) is 6.73. The lowest BCUT2D eigenvalue weighted by Gasteiger charge is -2.16. The molecule has 3 N–H and O–H groups in total. The SMILES string of the molecule is Nc1ccc(Cl)c(C(=O)NC2CCN(C3CC3)C2)c1. The van der Waals surface area contributed by atoms with Gasteiger partial charge in [-0.05, 0) is 37.5 Å². The van der Waals surface area contributed by atoms with Crippen LogP contribution in [0.2, 0.25) is 5.02 Å². The predicted octanol–water partition coefficient (Wildman–Crippen LogP) is 1.89. The molecule has 1 saturated carbocycles. The summed E-state index contributed by atoms with van der Waals surface area (Å²) < 4.78 is 0. The highest BCUT2D eigenvalue weighted by Gasteiger charge is 2.34. The Balaban J connectivity index is 1.63. The first-order chi connectivity index (χ1) is 9.13. The average Bonchev–Trinajstić information content (AvgIpc) is 3.13. The molecule has 1 heterocycles. The van der Waals surface area contributed by atoms with E-state index in [-0.39, 0.29) is 11.9 Å². The smallest absolute Gasteiger partial charge is 0.253 e. The lowest BCUT2D eigenvalue weighted by atomic mass is 10.1. The molecule has 19 heavy (non-hydrogen) atoms. The van der Waals surface area contributed by atoms with E-state index in [1.54, 1.807) is 18.2 Å². The second kappa shape index (κ2) is 5.02. The Bertz CT molecular complexity index is 501. The van der Waals surface area contributed by atoms with Crippen LogP contribution in [0.5, 0.6) is 0 Å². The maximum atomic E-state index is 12.2. The van der Waals surface area contributed by atoms with Crippen LogP contribution in [-0.4, -0.2) is 36.0 Å². The van der Waals surface area contributed by atoms with Crippen molar-refractivity contribution in [2.45, 2.75) is 31.3 Å². The number of anilines is 1. The van der Waals surface area contributed by atoms with Gasteiger partial charge in [-0.15, -0.1) is 0 Å². The number of carbonyl (C=O) groups excluding carboxylic acids is 1. The molecule has 4 nitrogen and oxygen atoms in total. The number of nitrogens with one attached hydrogen (secondary N) is 1. The third kappa shape index (κ3) is 2.85. The minimum Gasteiger partial charge on any atom is -0.399 e. The number of benzene rings is 1. The number of hydrogen-bond acceptors (Lipinski definition) is 3. The van der Waals surface area contributed by atoms with Crippen LogP contribution in [0.1, 0.15) is 29.6 Å². The Labute approximate surface area is 117 Å². The maximum Gasteiger partial charge on any atom is 0.253 e. The first kappa shape index (κ1) is 12.8. The van der Waals surface area contributed by atoms with E-state index in [4.69, 9.17) is 17.3 Å². The van der Waals surface area contributed by atoms with Crippen molar-refractivity contribution in [1.29, 1.82) is 0 Å². The normalized spacial score (nSPS) is 23.5. The highest BCUT2D eigenvalue weighted by molar-refractivity contribution is 6.34. The number of hydrogen-bond donors (Lipinski definition) is 2. The quantitative estimate of drug-likeness (QED) is 0.831. The van der Waals surface area contributed by atoms with Crippen molar-refractivity contribution >= 4 is 23.2 Å². The molecule has 1 aliphatic carbocycles. The molecule has 1 aromatic carbocycles. The van der Waals surface area contributed by atoms with Crippen LogP contribution in [0, 0.1) is 0 Å². The zero-order valence-corrected chi connectivity index (χ0v) is 11.5. The van der Waals surface area contributed by atoms with E-state index in [2.05, 4.69) is 10.2 Å². The van der Waals surface area contributed by atoms with Crippen LogP contribution in [0.25, 0.3) is 0 Å². The summed E-state index contributed by atoms with van der Waals surface area (Å²) in [6.07, 6.45) is 3.63. The highest BCUT2D eigenvalue weighted by Crippen LogP contribution is 2.30. The van der Waals surface area contributed by atoms with E-state index >= 15 is 0 Å². The van der Waals surface area contributed by atoms with Crippen molar-refractivity contribution in [1.82, 2.24) is 10.2 Å². The van der Waals surface area contributed by atoms with Gasteiger partial charge in [0, 0.05) is 30.9 Å². The first-order valence-corrected chi connectivity index (χ1v) is 7.11. The fourth-order valence-electron chi connectivity index (χ4n) is 2.66. The molecule has 1 aliphatic heterocycles. The van der Waals surface area contributed by atoms with Crippen LogP contribution in [0.15, 0.2) is 18.2 Å². The highest BCUT2D eigenvalue weighted by atomic mass is 35.5. The summed E-state index contributed by atoms with van der Waals surface area (Å²) in [5.41, 5.74) is 6.72. The predicted molar refractivity (Wildman–Crippen MR) is 76.3 cm³/mol. The second-order valence-corrected chi connectivity index (χ2v) is 5.83. The van der Waals surface area contributed by atoms with E-state index in [0.29, 0.717) is 16.3 Å². The molecule has 1 unspecified atom stereocenters. The van der Waals surface area contributed by atoms with Crippen molar-refractivity contribution in [3.05, 3.63) is 28.8 Å². The Kier molecular flexibility index (Phi) is 3.37. The monoisotopic (exact) mass is 279 g/mol. The van der Waals surface area contributed by atoms with Gasteiger partial charge in [0.1, 0.15) is 0 Å². The number of carbonyl (C=O) groups is 1. The number of halogens is 1. The van der Waals surface area contributed by atoms with Crippen molar-refractivity contribution in [2.24, 2.45) is 0 Å². The molecule has 102 valence electrons. The Morgan fingerprint density at radius 3 is 2.89 bits per heavy atom. The summed E-state index contributed by atoms with van der Waals surface area (Å²) in [7, 11) is 0. The van der Waals surface area contributed by atoms with Crippen LogP contribution in [0.4, 0.5) is 5.69 Å². The van der Waals surface area contributed by atoms with Gasteiger partial charge in [-0.25, -0.2) is 0 Å². The molecule has 1 saturated heterocycles. The molecular formula is C14H18ClN3O. The lowest BCUT2D eigenvalue weighted by molar-refractivity contribution is 0.0937. The van der Waals surface area contributed by atoms with Gasteiger partial charge in [0.05, 0.1) is 10.6 Å². The van der Waals surface area contributed by atoms with Crippen molar-refractivity contribution in [3.63, 3.8) is 0 Å². The van der Waals surface area contributed by atoms with Crippen molar-refractivity contribution in [2.75, 3.05) is 18.8 Å². The van der Waals surface area contributed by atoms with E-state index in [9.17, 15) is 4.79 Å². The molecule has 3 rings (SSSR count). The molecule has 2 aliphatic rings. The minimum absolute atomic E-state index is 0.125. The van der Waals surface area contributed by atoms with Crippen molar-refractivity contribution < 1.29 is 4.79 Å². The van der Waals surface area contributed by atoms with Gasteiger partial charge in [0.2, 0.25) is 0 Å². The van der Waals surface area contributed by atoms with Crippen LogP contribution in [-0.2, 0) is 0 Å². The van der Waals surface area contributed by atoms with Gasteiger partial charge >= 0.3 is 0 Å². The summed E-state index contributed by atoms with van der Waals surface area (Å²) in [6, 6.07) is 5.98. The molecule has 1 atom stereocenters. The molecule has 0 spiro atoms. The summed E-state index contributed by atoms with van der Waals surface area (Å²) in [4.78, 5) is 14.7. The van der Waals surface area contributed by atoms with Gasteiger partial charge in [0.15, 0.2) is 0 Å². The number of nitrogens with zero attached hydrogens (tertiary/aromatic N) is 1. The number of nitrogen functional groups attached to an aromatic ring is 1. The summed E-state index contributed by atoms with van der Waals surface area (Å²) in [5.74, 6) is -0.125. The molecule has 1 aromatic rings. The maximum absolute atomic E-state index is 12.2. The number of nitrogens with two attached hydrogens (primary N) is 1. The lowest BCUT2D eigenvalue weighted by Crippen LogP contribution is -2.37. The van der Waals surface area contributed by atoms with E-state index in [1.807, 2.05) is 0 Å². The number of rotatable bonds is 3. The Morgan fingerprint density at radius 2 is 2.16 bits per heavy atom. The third-order valence-electron chi connectivity index (χ3n) is 3.85. The van der Waals surface area contributed by atoms with Gasteiger partial charge in [0.25, 0.3) is 5.91 Å². The summed E-state index contributed by atoms with van der Waals surface area (Å²) >= 11 is 6.04. The largest absolute Gasteiger partial charge is 0.399 e. The minimum atomic E-state index is -0.125. The molecule has 0 bridgehead atoms. The standard InChI is InChI=1S/C14H18ClN3O/c15-13-4-1-9(16)7-12(13)14(19)17-10-5-6-18(8-10)11-2-3-11/h1,4,7,10-11H,2-3,5-6,8,16H2,(H,17,19). The zero-order chi connectivity index (χ0) is 13.4. The molecule has 0 radical (unpaired) electrons. The number of amides is 1. The van der Waals surface area contributed by atoms with Crippen LogP contribution in [0.3, 0.4) is 0 Å². The van der Waals surface area contributed by atoms with Crippen LogP contribution < -0.4 is 11.1 Å². The van der Waals surface area contributed by atoms with Crippen LogP contribution >= 0.6 is 11.6 Å². The molecule has 2 fully saturated rings. The molecule has 5 heteroatoms. The van der Waals surface area contributed by atoms with Gasteiger partial charge in [-0.3, -0.25) is 9.69 Å². The molecule has 1 amide bonds. The fourth-order valence-corrected chi connectivity index (χ4v) is 2.86. The summed E-state index contributed by atoms with van der Waals surface area (Å²) in [5, 5.41) is 3.50. The van der Waals surface area contributed by atoms with Gasteiger partial charge in [-0.1, -0.05) is 11.6 Å². The van der Waals surface area contributed by atoms with Crippen molar-refractivity contribution in [3.8, 4) is 0 Å². The Hall–Kier alpha value is -1.26. The molecular weight excluding hydrogens is 262 g/mol. The van der Waals surface area contributed by atoms with Gasteiger partial charge in [-0.2, -0.15) is 0 Å². The molecule has 0 aromatic heterocycles. The van der Waals surface area contributed by atoms with E-state index in [1.165, 1.54) is 12.8 Å². The zero-order valence-electron chi connectivity index (χ0n) is 10.7. The Morgan fingerprint density at radius 1 is 1.37 bits per heavy atom. The summed E-state index contributed by atoms with van der Waals surface area (Å²) in [6.45, 7) is 2.04. The fraction of sp³-hybridized carbons (Fsp3) is 0.500. The number of likely N-dealkylation sites (tertiary alicyclic amines) is 1. The second-order valence-electron chi connectivity index (χ2n) is 5.42. The topological polar surface area (TPSA) is 58.4 Å². The third-order valence-corrected chi connectivity index (χ3v) is 4.18. The van der Waals surface area contributed by atoms with E-state index in [0.717, 1.165) is 25.6 Å². The van der Waals surface area contributed by atoms with E-state index < -0.39 is 0 Å². The average molecular weight is 280 g/mol.